The zero-order valence-electron chi connectivity index (χ0n) is 18.5. The molecule has 1 N–H and O–H groups in total. The lowest BCUT2D eigenvalue weighted by Crippen LogP contribution is -2.00. The molecule has 33 heavy (non-hydrogen) atoms. The predicted molar refractivity (Wildman–Crippen MR) is 129 cm³/mol. The first-order valence-corrected chi connectivity index (χ1v) is 11.1. The van der Waals surface area contributed by atoms with Gasteiger partial charge in [0.15, 0.2) is 5.82 Å². The SMILES string of the molecule is CC(CCc1cccc(-c2nnn[nH]2)c1)c1ccc(OCc2ccc3ccccc3n2)cc1. The second kappa shape index (κ2) is 9.61. The minimum absolute atomic E-state index is 0.441. The first-order chi connectivity index (χ1) is 16.2. The summed E-state index contributed by atoms with van der Waals surface area (Å²) in [7, 11) is 0. The zero-order chi connectivity index (χ0) is 22.5. The van der Waals surface area contributed by atoms with Crippen molar-refractivity contribution in [1.29, 1.82) is 0 Å². The van der Waals surface area contributed by atoms with E-state index in [-0.39, 0.29) is 0 Å². The first-order valence-electron chi connectivity index (χ1n) is 11.1. The van der Waals surface area contributed by atoms with Gasteiger partial charge in [0, 0.05) is 10.9 Å². The molecule has 0 aliphatic rings. The van der Waals surface area contributed by atoms with Crippen LogP contribution in [0.4, 0.5) is 0 Å². The Bertz CT molecular complexity index is 1330. The number of tetrazole rings is 1. The molecule has 5 aromatic rings. The highest BCUT2D eigenvalue weighted by atomic mass is 16.5. The molecule has 2 aromatic heterocycles. The second-order valence-corrected chi connectivity index (χ2v) is 8.24. The number of pyridine rings is 1. The standard InChI is InChI=1S/C27H25N5O/c1-19(9-10-20-5-4-7-23(17-20)27-29-31-32-30-27)21-12-15-25(16-13-21)33-18-24-14-11-22-6-2-3-8-26(22)28-24/h2-8,11-17,19H,9-10,18H2,1H3,(H,29,30,31,32). The smallest absolute Gasteiger partial charge is 0.179 e. The van der Waals surface area contributed by atoms with E-state index < -0.39 is 0 Å². The molecule has 2 heterocycles. The minimum Gasteiger partial charge on any atom is -0.487 e. The molecule has 0 saturated carbocycles. The molecule has 6 heteroatoms. The summed E-state index contributed by atoms with van der Waals surface area (Å²) in [6, 6.07) is 29.0. The Hall–Kier alpha value is -4.06. The van der Waals surface area contributed by atoms with E-state index in [2.05, 4.69) is 68.9 Å². The van der Waals surface area contributed by atoms with E-state index in [1.54, 1.807) is 0 Å². The van der Waals surface area contributed by atoms with Crippen molar-refractivity contribution >= 4 is 10.9 Å². The molecule has 0 saturated heterocycles. The topological polar surface area (TPSA) is 76.6 Å². The highest BCUT2D eigenvalue weighted by molar-refractivity contribution is 5.78. The average molecular weight is 436 g/mol. The van der Waals surface area contributed by atoms with E-state index >= 15 is 0 Å². The Kier molecular flexibility index (Phi) is 6.06. The van der Waals surface area contributed by atoms with E-state index in [1.807, 2.05) is 48.5 Å². The number of nitrogens with one attached hydrogen (secondary N) is 1. The third-order valence-electron chi connectivity index (χ3n) is 5.90. The summed E-state index contributed by atoms with van der Waals surface area (Å²) < 4.78 is 5.97. The van der Waals surface area contributed by atoms with Gasteiger partial charge in [0.05, 0.1) is 11.2 Å². The van der Waals surface area contributed by atoms with Crippen LogP contribution in [0.1, 0.15) is 36.1 Å². The molecule has 5 rings (SSSR count). The normalized spacial score (nSPS) is 12.0. The number of hydrogen-bond donors (Lipinski definition) is 1. The number of aryl methyl sites for hydroxylation is 1. The molecular weight excluding hydrogens is 410 g/mol. The molecule has 6 nitrogen and oxygen atoms in total. The number of benzene rings is 3. The van der Waals surface area contributed by atoms with Gasteiger partial charge in [0.25, 0.3) is 0 Å². The maximum absolute atomic E-state index is 5.97. The van der Waals surface area contributed by atoms with Crippen LogP contribution in [0.15, 0.2) is 84.9 Å². The lowest BCUT2D eigenvalue weighted by molar-refractivity contribution is 0.301. The second-order valence-electron chi connectivity index (χ2n) is 8.24. The van der Waals surface area contributed by atoms with E-state index in [0.29, 0.717) is 18.3 Å². The van der Waals surface area contributed by atoms with E-state index in [4.69, 9.17) is 4.74 Å². The van der Waals surface area contributed by atoms with Crippen molar-refractivity contribution in [2.45, 2.75) is 32.3 Å². The van der Waals surface area contributed by atoms with Gasteiger partial charge in [-0.15, -0.1) is 5.10 Å². The summed E-state index contributed by atoms with van der Waals surface area (Å²) in [6.45, 7) is 2.72. The molecule has 1 unspecified atom stereocenters. The third kappa shape index (κ3) is 5.06. The van der Waals surface area contributed by atoms with Gasteiger partial charge in [-0.25, -0.2) is 10.1 Å². The van der Waals surface area contributed by atoms with Crippen LogP contribution in [0.2, 0.25) is 0 Å². The number of H-pyrrole nitrogens is 1. The van der Waals surface area contributed by atoms with Gasteiger partial charge in [-0.2, -0.15) is 0 Å². The number of ether oxygens (including phenoxy) is 1. The molecular formula is C27H25N5O. The number of aromatic nitrogens is 5. The highest BCUT2D eigenvalue weighted by Crippen LogP contribution is 2.25. The average Bonchev–Trinajstić information content (AvgIpc) is 3.42. The Morgan fingerprint density at radius 1 is 0.909 bits per heavy atom. The monoisotopic (exact) mass is 435 g/mol. The van der Waals surface area contributed by atoms with E-state index in [0.717, 1.165) is 40.8 Å². The van der Waals surface area contributed by atoms with Crippen LogP contribution >= 0.6 is 0 Å². The maximum Gasteiger partial charge on any atom is 0.179 e. The first kappa shape index (κ1) is 20.8. The fraction of sp³-hybridized carbons (Fsp3) is 0.185. The van der Waals surface area contributed by atoms with Crippen LogP contribution in [0.25, 0.3) is 22.3 Å². The lowest BCUT2D eigenvalue weighted by Gasteiger charge is -2.13. The highest BCUT2D eigenvalue weighted by Gasteiger charge is 2.08. The maximum atomic E-state index is 5.97. The lowest BCUT2D eigenvalue weighted by atomic mass is 9.93. The van der Waals surface area contributed by atoms with E-state index in [9.17, 15) is 0 Å². The molecule has 3 aromatic carbocycles. The summed E-state index contributed by atoms with van der Waals surface area (Å²) in [5.41, 5.74) is 5.51. The minimum atomic E-state index is 0.441. The Labute approximate surface area is 192 Å². The van der Waals surface area contributed by atoms with Gasteiger partial charge >= 0.3 is 0 Å². The summed E-state index contributed by atoms with van der Waals surface area (Å²) in [6.07, 6.45) is 2.04. The van der Waals surface area contributed by atoms with Crippen LogP contribution in [0.5, 0.6) is 5.75 Å². The number of nitrogens with zero attached hydrogens (tertiary/aromatic N) is 4. The van der Waals surface area contributed by atoms with Gasteiger partial charge in [-0.3, -0.25) is 0 Å². The number of para-hydroxylation sites is 1. The molecule has 0 amide bonds. The summed E-state index contributed by atoms with van der Waals surface area (Å²) in [5, 5.41) is 15.3. The number of hydrogen-bond acceptors (Lipinski definition) is 5. The van der Waals surface area contributed by atoms with Crippen LogP contribution in [-0.4, -0.2) is 25.6 Å². The van der Waals surface area contributed by atoms with Crippen molar-refractivity contribution in [3.63, 3.8) is 0 Å². The number of fused-ring (bicyclic) bond motifs is 1. The molecule has 0 fully saturated rings. The Morgan fingerprint density at radius 2 is 1.79 bits per heavy atom. The van der Waals surface area contributed by atoms with E-state index in [1.165, 1.54) is 11.1 Å². The summed E-state index contributed by atoms with van der Waals surface area (Å²) in [4.78, 5) is 4.67. The van der Waals surface area contributed by atoms with Crippen molar-refractivity contribution < 1.29 is 4.74 Å². The quantitative estimate of drug-likeness (QED) is 0.337. The van der Waals surface area contributed by atoms with Crippen LogP contribution < -0.4 is 4.74 Å². The molecule has 0 bridgehead atoms. The Balaban J connectivity index is 1.16. The molecule has 1 atom stereocenters. The van der Waals surface area contributed by atoms with Crippen molar-refractivity contribution in [3.8, 4) is 17.1 Å². The van der Waals surface area contributed by atoms with Gasteiger partial charge in [0.1, 0.15) is 12.4 Å². The van der Waals surface area contributed by atoms with Crippen LogP contribution in [0.3, 0.4) is 0 Å². The Morgan fingerprint density at radius 3 is 2.64 bits per heavy atom. The summed E-state index contributed by atoms with van der Waals surface area (Å²) in [5.74, 6) is 1.99. The number of rotatable bonds is 8. The molecule has 164 valence electrons. The molecule has 0 aliphatic heterocycles. The molecule has 0 aliphatic carbocycles. The van der Waals surface area contributed by atoms with Crippen molar-refractivity contribution in [2.75, 3.05) is 0 Å². The summed E-state index contributed by atoms with van der Waals surface area (Å²) >= 11 is 0. The zero-order valence-corrected chi connectivity index (χ0v) is 18.5. The van der Waals surface area contributed by atoms with Gasteiger partial charge in [-0.1, -0.05) is 61.5 Å². The van der Waals surface area contributed by atoms with Crippen molar-refractivity contribution in [3.05, 3.63) is 102 Å². The van der Waals surface area contributed by atoms with Crippen LogP contribution in [0, 0.1) is 0 Å². The third-order valence-corrected chi connectivity index (χ3v) is 5.90. The van der Waals surface area contributed by atoms with Crippen molar-refractivity contribution in [1.82, 2.24) is 25.6 Å². The molecule has 0 radical (unpaired) electrons. The fourth-order valence-electron chi connectivity index (χ4n) is 3.94. The van der Waals surface area contributed by atoms with Gasteiger partial charge in [-0.05, 0) is 70.6 Å². The van der Waals surface area contributed by atoms with Gasteiger partial charge in [0.2, 0.25) is 0 Å². The van der Waals surface area contributed by atoms with Crippen molar-refractivity contribution in [2.24, 2.45) is 0 Å². The largest absolute Gasteiger partial charge is 0.487 e. The fourth-order valence-corrected chi connectivity index (χ4v) is 3.94. The van der Waals surface area contributed by atoms with Gasteiger partial charge < -0.3 is 4.74 Å². The molecule has 0 spiro atoms. The number of aromatic amines is 1. The predicted octanol–water partition coefficient (Wildman–Crippen LogP) is 5.73. The van der Waals surface area contributed by atoms with Crippen LogP contribution in [-0.2, 0) is 13.0 Å².